The topological polar surface area (TPSA) is 57.0 Å². The Morgan fingerprint density at radius 1 is 1.69 bits per heavy atom. The molecule has 0 aliphatic heterocycles. The molecule has 0 saturated carbocycles. The number of amides is 1. The Morgan fingerprint density at radius 2 is 2.44 bits per heavy atom. The largest absolute Gasteiger partial charge is 0.338 e. The van der Waals surface area contributed by atoms with E-state index in [4.69, 9.17) is 5.26 Å². The summed E-state index contributed by atoms with van der Waals surface area (Å²) in [6.45, 7) is 2.93. The number of hydrogen-bond donors (Lipinski definition) is 0. The Morgan fingerprint density at radius 3 is 3.00 bits per heavy atom. The summed E-state index contributed by atoms with van der Waals surface area (Å²) in [7, 11) is 0. The third-order valence-corrected chi connectivity index (χ3v) is 2.78. The molecule has 0 atom stereocenters. The molecule has 0 aromatic carbocycles. The molecule has 4 nitrogen and oxygen atoms in total. The normalized spacial score (nSPS) is 9.56. The first-order valence-electron chi connectivity index (χ1n) is 4.97. The average Bonchev–Trinajstić information content (AvgIpc) is 2.30. The van der Waals surface area contributed by atoms with Gasteiger partial charge in [-0.3, -0.25) is 4.79 Å². The van der Waals surface area contributed by atoms with Gasteiger partial charge in [-0.1, -0.05) is 0 Å². The van der Waals surface area contributed by atoms with Gasteiger partial charge in [-0.15, -0.1) is 0 Å². The van der Waals surface area contributed by atoms with Crippen molar-refractivity contribution in [3.05, 3.63) is 28.5 Å². The van der Waals surface area contributed by atoms with Crippen molar-refractivity contribution in [2.75, 3.05) is 13.1 Å². The van der Waals surface area contributed by atoms with Crippen molar-refractivity contribution in [2.45, 2.75) is 13.3 Å². The van der Waals surface area contributed by atoms with Gasteiger partial charge in [0.2, 0.25) is 0 Å². The number of carbonyl (C=O) groups excluding carboxylic acids is 1. The maximum atomic E-state index is 12.0. The molecule has 16 heavy (non-hydrogen) atoms. The van der Waals surface area contributed by atoms with Crippen LogP contribution in [0.15, 0.2) is 22.9 Å². The van der Waals surface area contributed by atoms with Gasteiger partial charge in [-0.25, -0.2) is 4.98 Å². The lowest BCUT2D eigenvalue weighted by Crippen LogP contribution is -2.32. The van der Waals surface area contributed by atoms with Crippen molar-refractivity contribution in [1.82, 2.24) is 9.88 Å². The summed E-state index contributed by atoms with van der Waals surface area (Å²) >= 11 is 3.24. The summed E-state index contributed by atoms with van der Waals surface area (Å²) in [5.41, 5.74) is 0.530. The summed E-state index contributed by atoms with van der Waals surface area (Å²) in [6, 6.07) is 5.47. The van der Waals surface area contributed by atoms with Crippen molar-refractivity contribution >= 4 is 21.8 Å². The predicted molar refractivity (Wildman–Crippen MR) is 63.7 cm³/mol. The maximum Gasteiger partial charge on any atom is 0.256 e. The zero-order valence-corrected chi connectivity index (χ0v) is 10.6. The minimum absolute atomic E-state index is 0.0993. The van der Waals surface area contributed by atoms with Gasteiger partial charge in [-0.05, 0) is 35.0 Å². The SMILES string of the molecule is CCN(CCC#N)C(=O)c1cccnc1Br. The lowest BCUT2D eigenvalue weighted by molar-refractivity contribution is 0.0766. The Labute approximate surface area is 103 Å². The fourth-order valence-electron chi connectivity index (χ4n) is 1.30. The fraction of sp³-hybridized carbons (Fsp3) is 0.364. The highest BCUT2D eigenvalue weighted by Crippen LogP contribution is 2.15. The molecule has 0 unspecified atom stereocenters. The van der Waals surface area contributed by atoms with Crippen molar-refractivity contribution in [3.8, 4) is 6.07 Å². The van der Waals surface area contributed by atoms with Crippen LogP contribution >= 0.6 is 15.9 Å². The van der Waals surface area contributed by atoms with Crippen LogP contribution < -0.4 is 0 Å². The number of nitriles is 1. The first-order valence-corrected chi connectivity index (χ1v) is 5.76. The second kappa shape index (κ2) is 6.23. The van der Waals surface area contributed by atoms with E-state index in [2.05, 4.69) is 20.9 Å². The Hall–Kier alpha value is -1.41. The minimum Gasteiger partial charge on any atom is -0.338 e. The summed E-state index contributed by atoms with van der Waals surface area (Å²) in [6.07, 6.45) is 1.96. The quantitative estimate of drug-likeness (QED) is 0.796. The van der Waals surface area contributed by atoms with Gasteiger partial charge in [-0.2, -0.15) is 5.26 Å². The summed E-state index contributed by atoms with van der Waals surface area (Å²) in [5.74, 6) is -0.0993. The molecule has 0 radical (unpaired) electrons. The molecule has 0 spiro atoms. The third kappa shape index (κ3) is 3.04. The standard InChI is InChI=1S/C11H12BrN3O/c1-2-15(8-4-6-13)11(16)9-5-3-7-14-10(9)12/h3,5,7H,2,4,8H2,1H3. The molecule has 84 valence electrons. The molecule has 1 rings (SSSR count). The van der Waals surface area contributed by atoms with Crippen LogP contribution in [-0.2, 0) is 0 Å². The van der Waals surface area contributed by atoms with E-state index in [1.165, 1.54) is 0 Å². The van der Waals surface area contributed by atoms with E-state index in [0.717, 1.165) is 0 Å². The number of aromatic nitrogens is 1. The van der Waals surface area contributed by atoms with Crippen LogP contribution in [0.3, 0.4) is 0 Å². The summed E-state index contributed by atoms with van der Waals surface area (Å²) in [5, 5.41) is 8.51. The molecule has 0 saturated heterocycles. The Balaban J connectivity index is 2.84. The van der Waals surface area contributed by atoms with Crippen LogP contribution in [0.25, 0.3) is 0 Å². The maximum absolute atomic E-state index is 12.0. The predicted octanol–water partition coefficient (Wildman–Crippen LogP) is 2.22. The minimum atomic E-state index is -0.0993. The van der Waals surface area contributed by atoms with Crippen LogP contribution in [0.1, 0.15) is 23.7 Å². The molecule has 1 heterocycles. The van der Waals surface area contributed by atoms with E-state index in [0.29, 0.717) is 29.7 Å². The highest BCUT2D eigenvalue weighted by Gasteiger charge is 2.16. The molecule has 0 aliphatic carbocycles. The highest BCUT2D eigenvalue weighted by atomic mass is 79.9. The zero-order chi connectivity index (χ0) is 12.0. The second-order valence-corrected chi connectivity index (χ2v) is 3.89. The van der Waals surface area contributed by atoms with Crippen molar-refractivity contribution in [3.63, 3.8) is 0 Å². The Bertz CT molecular complexity index is 414. The second-order valence-electron chi connectivity index (χ2n) is 3.13. The van der Waals surface area contributed by atoms with Gasteiger partial charge in [0.15, 0.2) is 0 Å². The number of hydrogen-bond acceptors (Lipinski definition) is 3. The number of pyridine rings is 1. The van der Waals surface area contributed by atoms with E-state index in [9.17, 15) is 4.79 Å². The molecule has 0 bridgehead atoms. The molecule has 1 aromatic heterocycles. The van der Waals surface area contributed by atoms with Crippen molar-refractivity contribution < 1.29 is 4.79 Å². The number of nitrogens with zero attached hydrogens (tertiary/aromatic N) is 3. The number of halogens is 1. The molecule has 0 aliphatic rings. The third-order valence-electron chi connectivity index (χ3n) is 2.15. The van der Waals surface area contributed by atoms with Crippen LogP contribution in [-0.4, -0.2) is 28.9 Å². The van der Waals surface area contributed by atoms with E-state index >= 15 is 0 Å². The van der Waals surface area contributed by atoms with Gasteiger partial charge in [0.1, 0.15) is 4.60 Å². The van der Waals surface area contributed by atoms with Crippen LogP contribution in [0, 0.1) is 11.3 Å². The fourth-order valence-corrected chi connectivity index (χ4v) is 1.72. The van der Waals surface area contributed by atoms with Crippen LogP contribution in [0.4, 0.5) is 0 Å². The first-order chi connectivity index (χ1) is 7.70. The molecule has 0 N–H and O–H groups in total. The van der Waals surface area contributed by atoms with Crippen molar-refractivity contribution in [1.29, 1.82) is 5.26 Å². The molecule has 5 heteroatoms. The Kier molecular flexibility index (Phi) is 4.93. The first kappa shape index (κ1) is 12.7. The molecular weight excluding hydrogens is 270 g/mol. The zero-order valence-electron chi connectivity index (χ0n) is 8.98. The van der Waals surface area contributed by atoms with Gasteiger partial charge in [0, 0.05) is 19.3 Å². The van der Waals surface area contributed by atoms with Crippen molar-refractivity contribution in [2.24, 2.45) is 0 Å². The monoisotopic (exact) mass is 281 g/mol. The molecular formula is C11H12BrN3O. The lowest BCUT2D eigenvalue weighted by Gasteiger charge is -2.19. The van der Waals surface area contributed by atoms with E-state index in [1.54, 1.807) is 23.2 Å². The van der Waals surface area contributed by atoms with Gasteiger partial charge < -0.3 is 4.90 Å². The van der Waals surface area contributed by atoms with Gasteiger partial charge in [0.05, 0.1) is 18.1 Å². The van der Waals surface area contributed by atoms with Gasteiger partial charge in [0.25, 0.3) is 5.91 Å². The number of rotatable bonds is 4. The average molecular weight is 282 g/mol. The summed E-state index contributed by atoms with van der Waals surface area (Å²) in [4.78, 5) is 17.7. The lowest BCUT2D eigenvalue weighted by atomic mass is 10.2. The molecule has 1 amide bonds. The van der Waals surface area contributed by atoms with E-state index < -0.39 is 0 Å². The van der Waals surface area contributed by atoms with Crippen LogP contribution in [0.2, 0.25) is 0 Å². The molecule has 1 aromatic rings. The van der Waals surface area contributed by atoms with Gasteiger partial charge >= 0.3 is 0 Å². The number of carbonyl (C=O) groups is 1. The van der Waals surface area contributed by atoms with E-state index in [-0.39, 0.29) is 5.91 Å². The van der Waals surface area contributed by atoms with Crippen LogP contribution in [0.5, 0.6) is 0 Å². The smallest absolute Gasteiger partial charge is 0.256 e. The molecule has 0 fully saturated rings. The summed E-state index contributed by atoms with van der Waals surface area (Å²) < 4.78 is 0.537. The van der Waals surface area contributed by atoms with E-state index in [1.807, 2.05) is 13.0 Å². The highest BCUT2D eigenvalue weighted by molar-refractivity contribution is 9.10.